The molecular weight excluding hydrogens is 316 g/mol. The van der Waals surface area contributed by atoms with Gasteiger partial charge in [-0.15, -0.1) is 0 Å². The average molecular weight is 330 g/mol. The molecule has 3 aromatic rings. The maximum Gasteiger partial charge on any atom is 0.296 e. The molecule has 0 aliphatic carbocycles. The molecule has 0 aliphatic rings. The number of nitrogens with zero attached hydrogens (tertiary/aromatic N) is 1. The summed E-state index contributed by atoms with van der Waals surface area (Å²) in [5.41, 5.74) is 7.55. The molecule has 6 nitrogen and oxygen atoms in total. The third-order valence-corrected chi connectivity index (χ3v) is 4.83. The number of para-hydroxylation sites is 1. The molecule has 1 heterocycles. The molecule has 0 saturated carbocycles. The zero-order chi connectivity index (χ0) is 16.9. The van der Waals surface area contributed by atoms with E-state index in [4.69, 9.17) is 5.73 Å². The Labute approximate surface area is 132 Å². The summed E-state index contributed by atoms with van der Waals surface area (Å²) in [5, 5.41) is 1.27. The van der Waals surface area contributed by atoms with Crippen LogP contribution < -0.4 is 5.73 Å². The van der Waals surface area contributed by atoms with Gasteiger partial charge in [0.15, 0.2) is 0 Å². The van der Waals surface area contributed by atoms with Crippen molar-refractivity contribution in [3.05, 3.63) is 47.0 Å². The summed E-state index contributed by atoms with van der Waals surface area (Å²) in [4.78, 5) is 15.6. The predicted molar refractivity (Wildman–Crippen MR) is 87.1 cm³/mol. The van der Waals surface area contributed by atoms with Crippen LogP contribution in [0.5, 0.6) is 0 Å². The zero-order valence-corrected chi connectivity index (χ0v) is 13.3. The molecule has 0 unspecified atom stereocenters. The first-order valence-electron chi connectivity index (χ1n) is 6.81. The molecule has 0 fully saturated rings. The molecule has 7 heteroatoms. The monoisotopic (exact) mass is 330 g/mol. The van der Waals surface area contributed by atoms with Gasteiger partial charge in [0.2, 0.25) is 0 Å². The number of aryl methyl sites for hydroxylation is 2. The van der Waals surface area contributed by atoms with Gasteiger partial charge >= 0.3 is 0 Å². The quantitative estimate of drug-likeness (QED) is 0.553. The van der Waals surface area contributed by atoms with Crippen molar-refractivity contribution in [2.75, 3.05) is 0 Å². The maximum atomic E-state index is 11.7. The first-order chi connectivity index (χ1) is 10.7. The molecule has 3 N–H and O–H groups in total. The van der Waals surface area contributed by atoms with Crippen LogP contribution in [0.2, 0.25) is 0 Å². The van der Waals surface area contributed by atoms with Gasteiger partial charge in [-0.3, -0.25) is 9.35 Å². The second kappa shape index (κ2) is 5.00. The Morgan fingerprint density at radius 3 is 2.48 bits per heavy atom. The highest BCUT2D eigenvalue weighted by Gasteiger charge is 2.20. The number of aromatic nitrogens is 1. The largest absolute Gasteiger partial charge is 0.366 e. The van der Waals surface area contributed by atoms with Crippen molar-refractivity contribution in [3.63, 3.8) is 0 Å². The van der Waals surface area contributed by atoms with Gasteiger partial charge in [-0.2, -0.15) is 8.42 Å². The lowest BCUT2D eigenvalue weighted by atomic mass is 10.0. The Morgan fingerprint density at radius 2 is 1.87 bits per heavy atom. The van der Waals surface area contributed by atoms with Crippen molar-refractivity contribution in [2.45, 2.75) is 18.7 Å². The highest BCUT2D eigenvalue weighted by atomic mass is 32.2. The molecule has 0 aliphatic heterocycles. The van der Waals surface area contributed by atoms with E-state index < -0.39 is 16.0 Å². The van der Waals surface area contributed by atoms with Crippen LogP contribution in [0.25, 0.3) is 21.8 Å². The number of nitrogens with two attached hydrogens (primary N) is 1. The fourth-order valence-corrected chi connectivity index (χ4v) is 3.38. The molecule has 1 amide bonds. The number of benzene rings is 2. The zero-order valence-electron chi connectivity index (χ0n) is 12.5. The number of rotatable bonds is 2. The molecular formula is C16H14N2O4S. The van der Waals surface area contributed by atoms with E-state index >= 15 is 0 Å². The van der Waals surface area contributed by atoms with Gasteiger partial charge in [0, 0.05) is 10.8 Å². The summed E-state index contributed by atoms with van der Waals surface area (Å²) < 4.78 is 32.9. The Bertz CT molecular complexity index is 1090. The highest BCUT2D eigenvalue weighted by Crippen LogP contribution is 2.31. The van der Waals surface area contributed by atoms with Gasteiger partial charge in [0.1, 0.15) is 4.90 Å². The lowest BCUT2D eigenvalue weighted by molar-refractivity contribution is 0.100. The minimum atomic E-state index is -4.45. The Balaban J connectivity index is 2.60. The van der Waals surface area contributed by atoms with Crippen molar-refractivity contribution in [3.8, 4) is 0 Å². The first-order valence-corrected chi connectivity index (χ1v) is 8.25. The number of carbonyl (C=O) groups excluding carboxylic acids is 1. The van der Waals surface area contributed by atoms with E-state index in [-0.39, 0.29) is 16.0 Å². The van der Waals surface area contributed by atoms with Gasteiger partial charge in [0.25, 0.3) is 16.0 Å². The lowest BCUT2D eigenvalue weighted by Crippen LogP contribution is -2.12. The summed E-state index contributed by atoms with van der Waals surface area (Å²) in [5.74, 6) is -0.653. The van der Waals surface area contributed by atoms with Gasteiger partial charge in [0.05, 0.1) is 16.6 Å². The number of carbonyl (C=O) groups is 1. The minimum Gasteiger partial charge on any atom is -0.366 e. The standard InChI is InChI=1S/C16H14N2O4S/c1-8-6-13(23(20,21)22)15-12(9(8)2)7-10-4-3-5-11(16(17)19)14(10)18-15/h3-7H,1-2H3,(H2,17,19)(H,20,21,22). The third-order valence-electron chi connectivity index (χ3n) is 3.97. The van der Waals surface area contributed by atoms with E-state index in [9.17, 15) is 17.8 Å². The Kier molecular flexibility index (Phi) is 3.35. The van der Waals surface area contributed by atoms with Crippen LogP contribution in [0, 0.1) is 13.8 Å². The Morgan fingerprint density at radius 1 is 1.17 bits per heavy atom. The van der Waals surface area contributed by atoms with Gasteiger partial charge < -0.3 is 5.73 Å². The second-order valence-corrected chi connectivity index (χ2v) is 6.81. The fourth-order valence-electron chi connectivity index (χ4n) is 2.65. The third kappa shape index (κ3) is 2.43. The second-order valence-electron chi connectivity index (χ2n) is 5.42. The molecule has 0 bridgehead atoms. The van der Waals surface area contributed by atoms with Gasteiger partial charge in [-0.1, -0.05) is 12.1 Å². The topological polar surface area (TPSA) is 110 Å². The van der Waals surface area contributed by atoms with Crippen molar-refractivity contribution in [1.29, 1.82) is 0 Å². The summed E-state index contributed by atoms with van der Waals surface area (Å²) >= 11 is 0. The van der Waals surface area contributed by atoms with Crippen molar-refractivity contribution in [2.24, 2.45) is 5.73 Å². The molecule has 0 spiro atoms. The van der Waals surface area contributed by atoms with E-state index in [2.05, 4.69) is 4.98 Å². The van der Waals surface area contributed by atoms with E-state index in [1.165, 1.54) is 12.1 Å². The molecule has 2 aromatic carbocycles. The SMILES string of the molecule is Cc1cc(S(=O)(=O)O)c2nc3c(C(N)=O)cccc3cc2c1C. The number of amides is 1. The van der Waals surface area contributed by atoms with E-state index in [0.29, 0.717) is 16.3 Å². The van der Waals surface area contributed by atoms with Gasteiger partial charge in [-0.25, -0.2) is 4.98 Å². The van der Waals surface area contributed by atoms with E-state index in [0.717, 1.165) is 11.1 Å². The normalized spacial score (nSPS) is 12.0. The summed E-state index contributed by atoms with van der Waals surface area (Å²) in [6.45, 7) is 3.60. The van der Waals surface area contributed by atoms with E-state index in [1.54, 1.807) is 25.1 Å². The van der Waals surface area contributed by atoms with Crippen LogP contribution in [0.4, 0.5) is 0 Å². The van der Waals surface area contributed by atoms with Crippen LogP contribution in [-0.4, -0.2) is 23.9 Å². The summed E-state index contributed by atoms with van der Waals surface area (Å²) in [6.07, 6.45) is 0. The first kappa shape index (κ1) is 15.4. The van der Waals surface area contributed by atoms with Crippen LogP contribution >= 0.6 is 0 Å². The van der Waals surface area contributed by atoms with Crippen molar-refractivity contribution < 1.29 is 17.8 Å². The summed E-state index contributed by atoms with van der Waals surface area (Å²) in [6, 6.07) is 8.10. The number of fused-ring (bicyclic) bond motifs is 2. The number of primary amides is 1. The summed E-state index contributed by atoms with van der Waals surface area (Å²) in [7, 11) is -4.45. The molecule has 3 rings (SSSR count). The lowest BCUT2D eigenvalue weighted by Gasteiger charge is -2.12. The number of hydrogen-bond donors (Lipinski definition) is 2. The van der Waals surface area contributed by atoms with Crippen molar-refractivity contribution >= 4 is 37.8 Å². The fraction of sp³-hybridized carbons (Fsp3) is 0.125. The highest BCUT2D eigenvalue weighted by molar-refractivity contribution is 7.86. The molecule has 1 aromatic heterocycles. The van der Waals surface area contributed by atoms with Crippen molar-refractivity contribution in [1.82, 2.24) is 4.98 Å². The molecule has 0 atom stereocenters. The predicted octanol–water partition coefficient (Wildman–Crippen LogP) is 2.35. The van der Waals surface area contributed by atoms with E-state index in [1.807, 2.05) is 6.92 Å². The minimum absolute atomic E-state index is 0.122. The van der Waals surface area contributed by atoms with Crippen LogP contribution in [0.15, 0.2) is 35.2 Å². The average Bonchev–Trinajstić information content (AvgIpc) is 2.47. The number of hydrogen-bond acceptors (Lipinski definition) is 4. The van der Waals surface area contributed by atoms with Crippen LogP contribution in [0.1, 0.15) is 21.5 Å². The molecule has 0 radical (unpaired) electrons. The maximum absolute atomic E-state index is 11.7. The van der Waals surface area contributed by atoms with Gasteiger partial charge in [-0.05, 0) is 43.2 Å². The smallest absolute Gasteiger partial charge is 0.296 e. The van der Waals surface area contributed by atoms with Crippen LogP contribution in [0.3, 0.4) is 0 Å². The Hall–Kier alpha value is -2.51. The molecule has 118 valence electrons. The molecule has 23 heavy (non-hydrogen) atoms. The number of pyridine rings is 1. The molecule has 0 saturated heterocycles. The van der Waals surface area contributed by atoms with Crippen LogP contribution in [-0.2, 0) is 10.1 Å².